The van der Waals surface area contributed by atoms with E-state index in [0.717, 1.165) is 0 Å². The van der Waals surface area contributed by atoms with Gasteiger partial charge in [-0.3, -0.25) is 9.59 Å². The number of amides is 2. The van der Waals surface area contributed by atoms with Crippen molar-refractivity contribution >= 4 is 11.8 Å². The van der Waals surface area contributed by atoms with Crippen molar-refractivity contribution in [3.63, 3.8) is 0 Å². The first-order chi connectivity index (χ1) is 7.50. The quantitative estimate of drug-likeness (QED) is 0.473. The van der Waals surface area contributed by atoms with Gasteiger partial charge >= 0.3 is 0 Å². The molecule has 4 N–H and O–H groups in total. The van der Waals surface area contributed by atoms with E-state index in [1.807, 2.05) is 0 Å². The highest BCUT2D eigenvalue weighted by Crippen LogP contribution is 2.16. The molecule has 0 aromatic carbocycles. The lowest BCUT2D eigenvalue weighted by Gasteiger charge is -2.16. The Labute approximate surface area is 94.8 Å². The number of aliphatic hydroxyl groups is 1. The molecule has 0 aromatic rings. The summed E-state index contributed by atoms with van der Waals surface area (Å²) < 4.78 is 0. The molecule has 1 rings (SSSR count). The minimum absolute atomic E-state index is 0.0253. The summed E-state index contributed by atoms with van der Waals surface area (Å²) in [6, 6.07) is 0. The van der Waals surface area contributed by atoms with Crippen molar-refractivity contribution in [2.45, 2.75) is 19.4 Å². The highest BCUT2D eigenvalue weighted by atomic mass is 16.3. The number of rotatable bonds is 6. The molecule has 92 valence electrons. The number of hydrogen-bond acceptors (Lipinski definition) is 4. The van der Waals surface area contributed by atoms with Crippen molar-refractivity contribution in [2.24, 2.45) is 11.7 Å². The second-order valence-electron chi connectivity index (χ2n) is 4.20. The molecule has 6 heteroatoms. The minimum atomic E-state index is -0.409. The van der Waals surface area contributed by atoms with Crippen LogP contribution >= 0.6 is 0 Å². The van der Waals surface area contributed by atoms with E-state index in [4.69, 9.17) is 10.8 Å². The third kappa shape index (κ3) is 3.79. The zero-order valence-electron chi connectivity index (χ0n) is 9.48. The number of likely N-dealkylation sites (tertiary alicyclic amines) is 1. The standard InChI is InChI=1S/C10H19N3O3/c1-7(14)5-12-2-3-13-6-8(10(11)16)4-9(13)15/h7-8,12,14H,2-6H2,1H3,(H2,11,16). The monoisotopic (exact) mass is 229 g/mol. The molecular weight excluding hydrogens is 210 g/mol. The normalized spacial score (nSPS) is 22.5. The van der Waals surface area contributed by atoms with E-state index in [9.17, 15) is 9.59 Å². The van der Waals surface area contributed by atoms with Crippen molar-refractivity contribution in [3.05, 3.63) is 0 Å². The summed E-state index contributed by atoms with van der Waals surface area (Å²) in [6.07, 6.45) is -0.168. The SMILES string of the molecule is CC(O)CNCCN1CC(C(N)=O)CC1=O. The van der Waals surface area contributed by atoms with Gasteiger partial charge in [-0.1, -0.05) is 0 Å². The average Bonchev–Trinajstić information content (AvgIpc) is 2.55. The van der Waals surface area contributed by atoms with Crippen molar-refractivity contribution in [1.29, 1.82) is 0 Å². The van der Waals surface area contributed by atoms with E-state index in [2.05, 4.69) is 5.32 Å². The van der Waals surface area contributed by atoms with Crippen molar-refractivity contribution < 1.29 is 14.7 Å². The summed E-state index contributed by atoms with van der Waals surface area (Å²) >= 11 is 0. The van der Waals surface area contributed by atoms with Gasteiger partial charge in [0.25, 0.3) is 0 Å². The molecule has 1 fully saturated rings. The van der Waals surface area contributed by atoms with Crippen molar-refractivity contribution in [2.75, 3.05) is 26.2 Å². The van der Waals surface area contributed by atoms with Gasteiger partial charge in [0, 0.05) is 32.6 Å². The second kappa shape index (κ2) is 5.81. The van der Waals surface area contributed by atoms with E-state index in [0.29, 0.717) is 26.2 Å². The Bertz CT molecular complexity index is 268. The molecule has 1 heterocycles. The first kappa shape index (κ1) is 12.9. The van der Waals surface area contributed by atoms with Gasteiger partial charge in [-0.15, -0.1) is 0 Å². The average molecular weight is 229 g/mol. The molecule has 0 radical (unpaired) electrons. The van der Waals surface area contributed by atoms with Crippen LogP contribution in [0.25, 0.3) is 0 Å². The van der Waals surface area contributed by atoms with Crippen LogP contribution < -0.4 is 11.1 Å². The number of nitrogens with one attached hydrogen (secondary N) is 1. The fraction of sp³-hybridized carbons (Fsp3) is 0.800. The number of nitrogens with two attached hydrogens (primary N) is 1. The Morgan fingerprint density at radius 3 is 2.94 bits per heavy atom. The molecule has 16 heavy (non-hydrogen) atoms. The molecule has 2 unspecified atom stereocenters. The van der Waals surface area contributed by atoms with Crippen LogP contribution in [-0.4, -0.2) is 54.1 Å². The van der Waals surface area contributed by atoms with Gasteiger partial charge in [-0.05, 0) is 6.92 Å². The highest BCUT2D eigenvalue weighted by Gasteiger charge is 2.32. The first-order valence-corrected chi connectivity index (χ1v) is 5.46. The Kier molecular flexibility index (Phi) is 4.70. The van der Waals surface area contributed by atoms with Crippen LogP contribution in [0.4, 0.5) is 0 Å². The highest BCUT2D eigenvalue weighted by molar-refractivity contribution is 5.88. The van der Waals surface area contributed by atoms with Crippen LogP contribution in [-0.2, 0) is 9.59 Å². The third-order valence-electron chi connectivity index (χ3n) is 2.62. The lowest BCUT2D eigenvalue weighted by Crippen LogP contribution is -2.36. The Balaban J connectivity index is 2.23. The van der Waals surface area contributed by atoms with Gasteiger partial charge in [0.15, 0.2) is 0 Å². The number of hydrogen-bond donors (Lipinski definition) is 3. The Morgan fingerprint density at radius 1 is 1.75 bits per heavy atom. The van der Waals surface area contributed by atoms with Gasteiger partial charge in [0.05, 0.1) is 12.0 Å². The summed E-state index contributed by atoms with van der Waals surface area (Å²) in [5, 5.41) is 12.0. The molecule has 1 saturated heterocycles. The summed E-state index contributed by atoms with van der Waals surface area (Å²) in [6.45, 7) is 3.78. The van der Waals surface area contributed by atoms with Crippen molar-refractivity contribution in [3.8, 4) is 0 Å². The Hall–Kier alpha value is -1.14. The molecule has 6 nitrogen and oxygen atoms in total. The topological polar surface area (TPSA) is 95.7 Å². The van der Waals surface area contributed by atoms with Gasteiger partial charge in [0.1, 0.15) is 0 Å². The molecule has 2 amide bonds. The van der Waals surface area contributed by atoms with E-state index >= 15 is 0 Å². The second-order valence-corrected chi connectivity index (χ2v) is 4.20. The van der Waals surface area contributed by atoms with E-state index < -0.39 is 12.0 Å². The number of aliphatic hydroxyl groups excluding tert-OH is 1. The molecule has 2 atom stereocenters. The van der Waals surface area contributed by atoms with Gasteiger partial charge in [-0.25, -0.2) is 0 Å². The maximum atomic E-state index is 11.5. The number of primary amides is 1. The van der Waals surface area contributed by atoms with Gasteiger partial charge < -0.3 is 21.1 Å². The summed E-state index contributed by atoms with van der Waals surface area (Å²) in [5.74, 6) is -0.778. The lowest BCUT2D eigenvalue weighted by atomic mass is 10.1. The summed E-state index contributed by atoms with van der Waals surface area (Å²) in [7, 11) is 0. The first-order valence-electron chi connectivity index (χ1n) is 5.46. The summed E-state index contributed by atoms with van der Waals surface area (Å²) in [5.41, 5.74) is 5.15. The third-order valence-corrected chi connectivity index (χ3v) is 2.62. The predicted molar refractivity (Wildman–Crippen MR) is 58.4 cm³/mol. The lowest BCUT2D eigenvalue weighted by molar-refractivity contribution is -0.128. The van der Waals surface area contributed by atoms with Crippen LogP contribution in [0.1, 0.15) is 13.3 Å². The minimum Gasteiger partial charge on any atom is -0.392 e. The van der Waals surface area contributed by atoms with Gasteiger partial charge in [0.2, 0.25) is 11.8 Å². The Morgan fingerprint density at radius 2 is 2.44 bits per heavy atom. The van der Waals surface area contributed by atoms with Crippen LogP contribution in [0, 0.1) is 5.92 Å². The fourth-order valence-corrected chi connectivity index (χ4v) is 1.70. The molecule has 0 saturated carbocycles. The zero-order valence-corrected chi connectivity index (χ0v) is 9.48. The van der Waals surface area contributed by atoms with E-state index in [1.54, 1.807) is 11.8 Å². The smallest absolute Gasteiger partial charge is 0.223 e. The number of carbonyl (C=O) groups excluding carboxylic acids is 2. The maximum absolute atomic E-state index is 11.5. The molecule has 1 aliphatic rings. The number of carbonyl (C=O) groups is 2. The predicted octanol–water partition coefficient (Wildman–Crippen LogP) is -1.71. The van der Waals surface area contributed by atoms with Crippen LogP contribution in [0.2, 0.25) is 0 Å². The molecule has 0 bridgehead atoms. The van der Waals surface area contributed by atoms with Crippen molar-refractivity contribution in [1.82, 2.24) is 10.2 Å². The molecule has 0 aromatic heterocycles. The molecule has 0 aliphatic carbocycles. The fourth-order valence-electron chi connectivity index (χ4n) is 1.70. The van der Waals surface area contributed by atoms with Crippen LogP contribution in [0.3, 0.4) is 0 Å². The molecule has 0 spiro atoms. The zero-order chi connectivity index (χ0) is 12.1. The van der Waals surface area contributed by atoms with E-state index in [1.165, 1.54) is 0 Å². The summed E-state index contributed by atoms with van der Waals surface area (Å²) in [4.78, 5) is 24.0. The van der Waals surface area contributed by atoms with E-state index in [-0.39, 0.29) is 18.2 Å². The maximum Gasteiger partial charge on any atom is 0.223 e. The largest absolute Gasteiger partial charge is 0.392 e. The number of nitrogens with zero attached hydrogens (tertiary/aromatic N) is 1. The molecule has 1 aliphatic heterocycles. The van der Waals surface area contributed by atoms with Gasteiger partial charge in [-0.2, -0.15) is 0 Å². The van der Waals surface area contributed by atoms with Crippen LogP contribution in [0.15, 0.2) is 0 Å². The van der Waals surface area contributed by atoms with Crippen LogP contribution in [0.5, 0.6) is 0 Å². The molecular formula is C10H19N3O3.